The molecular weight excluding hydrogens is 807 g/mol. The monoisotopic (exact) mass is 849 g/mol. The van der Waals surface area contributed by atoms with E-state index in [9.17, 15) is 0 Å². The molecule has 6 heteroatoms. The minimum Gasteiger partial charge on any atom is -0.310 e. The first kappa shape index (κ1) is 37.5. The SMILES string of the molecule is CC1(C)c2ccccc2N(c2ccccc2)c2cc3c4cccnc4n(-c4cccc([Si](c5ccccc5)(c5ccccc5)c5ccc6c7ccccc7n7ccnc7c6c5)c4)c3cc21. The van der Waals surface area contributed by atoms with Crippen LogP contribution in [0.3, 0.4) is 0 Å². The van der Waals surface area contributed by atoms with Crippen LogP contribution < -0.4 is 25.6 Å². The topological polar surface area (TPSA) is 38.4 Å². The van der Waals surface area contributed by atoms with Crippen molar-refractivity contribution >= 4 is 95.1 Å². The van der Waals surface area contributed by atoms with Gasteiger partial charge in [-0.05, 0) is 97.9 Å². The van der Waals surface area contributed by atoms with Crippen LogP contribution in [0, 0.1) is 0 Å². The number of fused-ring (bicyclic) bond motifs is 11. The Hall–Kier alpha value is -8.06. The Morgan fingerprint density at radius 3 is 1.85 bits per heavy atom. The van der Waals surface area contributed by atoms with Crippen LogP contribution in [-0.2, 0) is 5.41 Å². The zero-order valence-corrected chi connectivity index (χ0v) is 37.1. The molecule has 0 amide bonds. The van der Waals surface area contributed by atoms with Gasteiger partial charge in [0, 0.05) is 56.9 Å². The summed E-state index contributed by atoms with van der Waals surface area (Å²) in [7, 11) is -3.04. The molecule has 1 aliphatic heterocycles. The Morgan fingerprint density at radius 1 is 0.400 bits per heavy atom. The standard InChI is InChI=1S/C59H43N5Si/c1-59(2)51-28-13-15-30-54(51)63(40-18-6-3-7-19-40)56-38-49-48-27-17-33-60-58(48)64(55(49)39-52(56)59)41-20-16-25-44(36-41)65(42-21-8-4-9-22-42,43-23-10-5-11-24-43)45-31-32-46-47-26-12-14-29-53(47)62-35-34-61-57(62)50(46)37-45/h3-39H,1-2H3. The molecule has 0 spiro atoms. The molecule has 0 fully saturated rings. The van der Waals surface area contributed by atoms with Crippen molar-refractivity contribution in [3.63, 3.8) is 0 Å². The Morgan fingerprint density at radius 2 is 1.05 bits per heavy atom. The number of benzene rings is 8. The molecule has 0 N–H and O–H groups in total. The van der Waals surface area contributed by atoms with Crippen molar-refractivity contribution < 1.29 is 0 Å². The molecule has 308 valence electrons. The second kappa shape index (κ2) is 14.2. The molecule has 5 nitrogen and oxygen atoms in total. The van der Waals surface area contributed by atoms with E-state index in [1.807, 2.05) is 12.4 Å². The van der Waals surface area contributed by atoms with Crippen LogP contribution in [0.4, 0.5) is 17.1 Å². The number of hydrogen-bond donors (Lipinski definition) is 0. The van der Waals surface area contributed by atoms with E-state index < -0.39 is 8.07 Å². The van der Waals surface area contributed by atoms with E-state index in [0.29, 0.717) is 0 Å². The molecule has 0 aliphatic carbocycles. The lowest BCUT2D eigenvalue weighted by Crippen LogP contribution is -2.74. The van der Waals surface area contributed by atoms with E-state index in [1.54, 1.807) is 0 Å². The van der Waals surface area contributed by atoms with E-state index in [4.69, 9.17) is 9.97 Å². The van der Waals surface area contributed by atoms with Crippen LogP contribution in [0.1, 0.15) is 25.0 Å². The average Bonchev–Trinajstić information content (AvgIpc) is 3.99. The lowest BCUT2D eigenvalue weighted by atomic mass is 9.73. The maximum Gasteiger partial charge on any atom is 0.179 e. The normalized spacial score (nSPS) is 13.5. The van der Waals surface area contributed by atoms with Crippen LogP contribution in [0.15, 0.2) is 225 Å². The van der Waals surface area contributed by atoms with Crippen molar-refractivity contribution in [1.82, 2.24) is 18.9 Å². The largest absolute Gasteiger partial charge is 0.310 e. The summed E-state index contributed by atoms with van der Waals surface area (Å²) >= 11 is 0. The van der Waals surface area contributed by atoms with Crippen molar-refractivity contribution in [1.29, 1.82) is 0 Å². The van der Waals surface area contributed by atoms with Gasteiger partial charge in [-0.2, -0.15) is 0 Å². The molecule has 4 aromatic heterocycles. The van der Waals surface area contributed by atoms with Gasteiger partial charge < -0.3 is 4.90 Å². The molecule has 0 saturated carbocycles. The molecule has 0 atom stereocenters. The molecule has 5 heterocycles. The molecule has 0 bridgehead atoms. The Balaban J connectivity index is 1.10. The number of pyridine rings is 2. The zero-order valence-electron chi connectivity index (χ0n) is 36.1. The van der Waals surface area contributed by atoms with Gasteiger partial charge in [-0.3, -0.25) is 8.97 Å². The van der Waals surface area contributed by atoms with Gasteiger partial charge in [0.15, 0.2) is 8.07 Å². The van der Waals surface area contributed by atoms with E-state index >= 15 is 0 Å². The third-order valence-corrected chi connectivity index (χ3v) is 18.9. The molecule has 13 rings (SSSR count). The molecule has 1 aliphatic rings. The second-order valence-electron chi connectivity index (χ2n) is 17.8. The molecule has 0 unspecified atom stereocenters. The van der Waals surface area contributed by atoms with Gasteiger partial charge in [-0.1, -0.05) is 159 Å². The highest BCUT2D eigenvalue weighted by Crippen LogP contribution is 2.53. The molecule has 8 aromatic carbocycles. The Bertz CT molecular complexity index is 3780. The van der Waals surface area contributed by atoms with Crippen molar-refractivity contribution in [2.24, 2.45) is 0 Å². The van der Waals surface area contributed by atoms with Crippen molar-refractivity contribution in [3.8, 4) is 5.69 Å². The summed E-state index contributed by atoms with van der Waals surface area (Å²) < 4.78 is 4.65. The Kier molecular flexibility index (Phi) is 8.20. The van der Waals surface area contributed by atoms with Crippen molar-refractivity contribution in [2.75, 3.05) is 4.90 Å². The minimum atomic E-state index is -3.04. The van der Waals surface area contributed by atoms with Gasteiger partial charge in [0.25, 0.3) is 0 Å². The summed E-state index contributed by atoms with van der Waals surface area (Å²) in [6.07, 6.45) is 5.94. The fourth-order valence-corrected chi connectivity index (χ4v) is 16.0. The smallest absolute Gasteiger partial charge is 0.179 e. The van der Waals surface area contributed by atoms with E-state index in [2.05, 4.69) is 240 Å². The molecule has 0 saturated heterocycles. The van der Waals surface area contributed by atoms with Gasteiger partial charge in [0.1, 0.15) is 11.3 Å². The van der Waals surface area contributed by atoms with Gasteiger partial charge in [-0.15, -0.1) is 0 Å². The fraction of sp³-hybridized carbons (Fsp3) is 0.0508. The number of rotatable bonds is 6. The summed E-state index contributed by atoms with van der Waals surface area (Å²) in [6.45, 7) is 4.74. The number of imidazole rings is 1. The Labute approximate surface area is 378 Å². The highest BCUT2D eigenvalue weighted by molar-refractivity contribution is 7.20. The highest BCUT2D eigenvalue weighted by Gasteiger charge is 2.42. The summed E-state index contributed by atoms with van der Waals surface area (Å²) in [5.41, 5.74) is 11.1. The van der Waals surface area contributed by atoms with E-state index in [0.717, 1.165) is 44.5 Å². The number of nitrogens with zero attached hydrogens (tertiary/aromatic N) is 5. The van der Waals surface area contributed by atoms with Crippen molar-refractivity contribution in [2.45, 2.75) is 19.3 Å². The second-order valence-corrected chi connectivity index (χ2v) is 21.6. The van der Waals surface area contributed by atoms with Gasteiger partial charge >= 0.3 is 0 Å². The molecule has 12 aromatic rings. The first-order valence-corrected chi connectivity index (χ1v) is 24.4. The lowest BCUT2D eigenvalue weighted by Gasteiger charge is -2.42. The summed E-state index contributed by atoms with van der Waals surface area (Å²) in [5.74, 6) is 0. The van der Waals surface area contributed by atoms with Crippen LogP contribution in [0.25, 0.3) is 54.9 Å². The number of aromatic nitrogens is 4. The minimum absolute atomic E-state index is 0.272. The summed E-state index contributed by atoms with van der Waals surface area (Å²) in [6, 6.07) is 76.5. The quantitative estimate of drug-likeness (QED) is 0.0950. The number of para-hydroxylation sites is 3. The number of hydrogen-bond acceptors (Lipinski definition) is 3. The highest BCUT2D eigenvalue weighted by atomic mass is 28.3. The van der Waals surface area contributed by atoms with Crippen LogP contribution in [0.2, 0.25) is 0 Å². The van der Waals surface area contributed by atoms with Gasteiger partial charge in [-0.25, -0.2) is 9.97 Å². The molecule has 0 radical (unpaired) electrons. The first-order chi connectivity index (χ1) is 32.0. The van der Waals surface area contributed by atoms with Crippen LogP contribution >= 0.6 is 0 Å². The number of anilines is 3. The predicted octanol–water partition coefficient (Wildman–Crippen LogP) is 11.6. The average molecular weight is 850 g/mol. The van der Waals surface area contributed by atoms with E-state index in [-0.39, 0.29) is 5.41 Å². The van der Waals surface area contributed by atoms with Gasteiger partial charge in [0.2, 0.25) is 0 Å². The molecule has 65 heavy (non-hydrogen) atoms. The maximum absolute atomic E-state index is 5.18. The molecular formula is C59H43N5Si. The zero-order chi connectivity index (χ0) is 43.3. The van der Waals surface area contributed by atoms with Crippen molar-refractivity contribution in [3.05, 3.63) is 236 Å². The fourth-order valence-electron chi connectivity index (χ4n) is 11.2. The summed E-state index contributed by atoms with van der Waals surface area (Å²) in [4.78, 5) is 12.6. The maximum atomic E-state index is 5.18. The predicted molar refractivity (Wildman–Crippen MR) is 273 cm³/mol. The first-order valence-electron chi connectivity index (χ1n) is 22.4. The summed E-state index contributed by atoms with van der Waals surface area (Å²) in [5, 5.41) is 11.1. The third kappa shape index (κ3) is 5.38. The van der Waals surface area contributed by atoms with E-state index in [1.165, 1.54) is 59.4 Å². The van der Waals surface area contributed by atoms with Crippen LogP contribution in [-0.4, -0.2) is 27.0 Å². The third-order valence-electron chi connectivity index (χ3n) is 14.1. The lowest BCUT2D eigenvalue weighted by molar-refractivity contribution is 0.632. The van der Waals surface area contributed by atoms with Gasteiger partial charge in [0.05, 0.1) is 22.4 Å². The van der Waals surface area contributed by atoms with Crippen LogP contribution in [0.5, 0.6) is 0 Å².